The summed E-state index contributed by atoms with van der Waals surface area (Å²) in [7, 11) is 0. The van der Waals surface area contributed by atoms with Gasteiger partial charge in [0.15, 0.2) is 11.6 Å². The molecule has 0 fully saturated rings. The van der Waals surface area contributed by atoms with E-state index in [9.17, 15) is 13.9 Å². The predicted molar refractivity (Wildman–Crippen MR) is 53.2 cm³/mol. The molecule has 0 aliphatic carbocycles. The fourth-order valence-electron chi connectivity index (χ4n) is 1.30. The molecule has 2 rings (SSSR count). The monoisotopic (exact) mass is 258 g/mol. The number of halogens is 3. The van der Waals surface area contributed by atoms with Crippen molar-refractivity contribution >= 4 is 26.7 Å². The molecule has 0 saturated heterocycles. The molecular weight excluding hydrogens is 254 g/mol. The van der Waals surface area contributed by atoms with Gasteiger partial charge in [-0.2, -0.15) is 0 Å². The lowest BCUT2D eigenvalue weighted by Gasteiger charge is -2.04. The van der Waals surface area contributed by atoms with Crippen molar-refractivity contribution in [2.45, 2.75) is 0 Å². The molecule has 14 heavy (non-hydrogen) atoms. The number of rotatable bonds is 0. The fourth-order valence-corrected chi connectivity index (χ4v) is 1.83. The second-order valence-electron chi connectivity index (χ2n) is 2.86. The normalized spacial score (nSPS) is 10.8. The zero-order valence-electron chi connectivity index (χ0n) is 6.89. The average molecular weight is 259 g/mol. The van der Waals surface area contributed by atoms with E-state index in [1.165, 1.54) is 18.2 Å². The van der Waals surface area contributed by atoms with Crippen LogP contribution >= 0.6 is 15.9 Å². The van der Waals surface area contributed by atoms with Crippen LogP contribution < -0.4 is 0 Å². The first-order valence-electron chi connectivity index (χ1n) is 3.86. The molecule has 0 heterocycles. The van der Waals surface area contributed by atoms with Gasteiger partial charge in [0.05, 0.1) is 4.47 Å². The molecular formula is C10H5BrF2O. The van der Waals surface area contributed by atoms with E-state index < -0.39 is 11.6 Å². The minimum atomic E-state index is -0.953. The Kier molecular flexibility index (Phi) is 2.15. The van der Waals surface area contributed by atoms with Crippen LogP contribution in [-0.4, -0.2) is 5.11 Å². The molecule has 0 amide bonds. The zero-order chi connectivity index (χ0) is 10.3. The molecule has 0 radical (unpaired) electrons. The minimum absolute atomic E-state index is 0.0602. The molecule has 0 spiro atoms. The molecule has 1 N–H and O–H groups in total. The first kappa shape index (κ1) is 9.40. The van der Waals surface area contributed by atoms with Crippen molar-refractivity contribution in [2.75, 3.05) is 0 Å². The Morgan fingerprint density at radius 1 is 1.07 bits per heavy atom. The maximum Gasteiger partial charge on any atom is 0.167 e. The van der Waals surface area contributed by atoms with Crippen molar-refractivity contribution in [2.24, 2.45) is 0 Å². The summed E-state index contributed by atoms with van der Waals surface area (Å²) in [6.07, 6.45) is 0. The van der Waals surface area contributed by atoms with Crippen molar-refractivity contribution in [1.82, 2.24) is 0 Å². The number of phenolic OH excluding ortho intramolecular Hbond substituents is 1. The van der Waals surface area contributed by atoms with E-state index in [1.54, 1.807) is 0 Å². The van der Waals surface area contributed by atoms with Gasteiger partial charge < -0.3 is 5.11 Å². The summed E-state index contributed by atoms with van der Waals surface area (Å²) in [5, 5.41) is 9.89. The summed E-state index contributed by atoms with van der Waals surface area (Å²) in [4.78, 5) is 0. The van der Waals surface area contributed by atoms with Gasteiger partial charge in [0, 0.05) is 5.39 Å². The van der Waals surface area contributed by atoms with Crippen LogP contribution in [-0.2, 0) is 0 Å². The van der Waals surface area contributed by atoms with Crippen LogP contribution in [0.1, 0.15) is 0 Å². The van der Waals surface area contributed by atoms with Gasteiger partial charge in [-0.3, -0.25) is 0 Å². The van der Waals surface area contributed by atoms with Crippen LogP contribution in [0.3, 0.4) is 0 Å². The predicted octanol–water partition coefficient (Wildman–Crippen LogP) is 3.59. The SMILES string of the molecule is Oc1ccc2ccc(F)c(F)c2c1Br. The van der Waals surface area contributed by atoms with Gasteiger partial charge >= 0.3 is 0 Å². The van der Waals surface area contributed by atoms with Crippen molar-refractivity contribution < 1.29 is 13.9 Å². The van der Waals surface area contributed by atoms with Gasteiger partial charge in [0.1, 0.15) is 5.75 Å². The highest BCUT2D eigenvalue weighted by atomic mass is 79.9. The van der Waals surface area contributed by atoms with Crippen LogP contribution in [0.4, 0.5) is 8.78 Å². The fraction of sp³-hybridized carbons (Fsp3) is 0. The van der Waals surface area contributed by atoms with Gasteiger partial charge in [0.25, 0.3) is 0 Å². The van der Waals surface area contributed by atoms with Gasteiger partial charge in [-0.05, 0) is 33.4 Å². The summed E-state index contributed by atoms with van der Waals surface area (Å²) < 4.78 is 26.4. The van der Waals surface area contributed by atoms with Crippen LogP contribution in [0.2, 0.25) is 0 Å². The largest absolute Gasteiger partial charge is 0.507 e. The smallest absolute Gasteiger partial charge is 0.167 e. The molecule has 1 nitrogen and oxygen atoms in total. The molecule has 2 aromatic carbocycles. The van der Waals surface area contributed by atoms with Crippen LogP contribution in [0, 0.1) is 11.6 Å². The first-order valence-corrected chi connectivity index (χ1v) is 4.65. The van der Waals surface area contributed by atoms with Gasteiger partial charge in [-0.25, -0.2) is 8.78 Å². The summed E-state index contributed by atoms with van der Waals surface area (Å²) in [6, 6.07) is 5.46. The molecule has 0 unspecified atom stereocenters. The lowest BCUT2D eigenvalue weighted by molar-refractivity contribution is 0.471. The maximum atomic E-state index is 13.3. The van der Waals surface area contributed by atoms with E-state index in [2.05, 4.69) is 15.9 Å². The second kappa shape index (κ2) is 3.20. The molecule has 0 aliphatic heterocycles. The number of aromatic hydroxyl groups is 1. The Bertz CT molecular complexity index is 468. The molecule has 0 atom stereocenters. The topological polar surface area (TPSA) is 20.2 Å². The summed E-state index contributed by atoms with van der Waals surface area (Å²) >= 11 is 3.01. The lowest BCUT2D eigenvalue weighted by atomic mass is 10.1. The Morgan fingerprint density at radius 2 is 1.71 bits per heavy atom. The number of phenols is 1. The van der Waals surface area contributed by atoms with Gasteiger partial charge in [-0.15, -0.1) is 0 Å². The Hall–Kier alpha value is -1.16. The van der Waals surface area contributed by atoms with E-state index in [1.807, 2.05) is 0 Å². The van der Waals surface area contributed by atoms with Crippen LogP contribution in [0.25, 0.3) is 10.8 Å². The maximum absolute atomic E-state index is 13.3. The number of hydrogen-bond donors (Lipinski definition) is 1. The quantitative estimate of drug-likeness (QED) is 0.766. The van der Waals surface area contributed by atoms with E-state index in [-0.39, 0.29) is 15.6 Å². The summed E-state index contributed by atoms with van der Waals surface area (Å²) in [5.41, 5.74) is 0. The van der Waals surface area contributed by atoms with E-state index in [4.69, 9.17) is 0 Å². The molecule has 0 aliphatic rings. The highest BCUT2D eigenvalue weighted by Gasteiger charge is 2.12. The standard InChI is InChI=1S/C10H5BrF2O/c11-9-7(14)4-2-5-1-3-6(12)10(13)8(5)9/h1-4,14H. The number of benzene rings is 2. The van der Waals surface area contributed by atoms with Gasteiger partial charge in [-0.1, -0.05) is 12.1 Å². The molecule has 0 aromatic heterocycles. The van der Waals surface area contributed by atoms with Crippen molar-refractivity contribution in [3.8, 4) is 5.75 Å². The highest BCUT2D eigenvalue weighted by molar-refractivity contribution is 9.10. The zero-order valence-corrected chi connectivity index (χ0v) is 8.48. The number of hydrogen-bond acceptors (Lipinski definition) is 1. The van der Waals surface area contributed by atoms with Crippen molar-refractivity contribution in [3.63, 3.8) is 0 Å². The van der Waals surface area contributed by atoms with Crippen LogP contribution in [0.5, 0.6) is 5.75 Å². The van der Waals surface area contributed by atoms with Crippen LogP contribution in [0.15, 0.2) is 28.7 Å². The lowest BCUT2D eigenvalue weighted by Crippen LogP contribution is -1.87. The van der Waals surface area contributed by atoms with Gasteiger partial charge in [0.2, 0.25) is 0 Å². The van der Waals surface area contributed by atoms with E-state index in [0.717, 1.165) is 6.07 Å². The third kappa shape index (κ3) is 1.26. The minimum Gasteiger partial charge on any atom is -0.507 e. The Labute approximate surface area is 87.1 Å². The van der Waals surface area contributed by atoms with E-state index >= 15 is 0 Å². The second-order valence-corrected chi connectivity index (χ2v) is 3.65. The molecule has 4 heteroatoms. The number of fused-ring (bicyclic) bond motifs is 1. The Balaban J connectivity index is 2.98. The van der Waals surface area contributed by atoms with E-state index in [0.29, 0.717) is 5.39 Å². The summed E-state index contributed by atoms with van der Waals surface area (Å²) in [5.74, 6) is -1.99. The third-order valence-electron chi connectivity index (χ3n) is 1.99. The Morgan fingerprint density at radius 3 is 2.43 bits per heavy atom. The van der Waals surface area contributed by atoms with Crippen molar-refractivity contribution in [1.29, 1.82) is 0 Å². The summed E-state index contributed by atoms with van der Waals surface area (Å²) in [6.45, 7) is 0. The first-order chi connectivity index (χ1) is 6.61. The average Bonchev–Trinajstić information content (AvgIpc) is 2.17. The third-order valence-corrected chi connectivity index (χ3v) is 2.79. The molecule has 2 aromatic rings. The molecule has 0 bridgehead atoms. The molecule has 0 saturated carbocycles. The van der Waals surface area contributed by atoms with Crippen molar-refractivity contribution in [3.05, 3.63) is 40.4 Å². The molecule has 72 valence electrons. The highest BCUT2D eigenvalue weighted by Crippen LogP contribution is 2.34.